The highest BCUT2D eigenvalue weighted by atomic mass is 19.4. The number of benzene rings is 1. The highest BCUT2D eigenvalue weighted by Crippen LogP contribution is 2.33. The third-order valence-corrected chi connectivity index (χ3v) is 5.65. The Kier molecular flexibility index (Phi) is 6.10. The zero-order valence-corrected chi connectivity index (χ0v) is 16.5. The average Bonchev–Trinajstić information content (AvgIpc) is 3.38. The Morgan fingerprint density at radius 1 is 1.13 bits per heavy atom. The molecular formula is C21H24F3N3O3. The summed E-state index contributed by atoms with van der Waals surface area (Å²) in [4.78, 5) is 15.0. The summed E-state index contributed by atoms with van der Waals surface area (Å²) in [7, 11) is 0. The predicted molar refractivity (Wildman–Crippen MR) is 103 cm³/mol. The second kappa shape index (κ2) is 8.77. The van der Waals surface area contributed by atoms with E-state index in [4.69, 9.17) is 9.26 Å². The van der Waals surface area contributed by atoms with Crippen molar-refractivity contribution >= 4 is 5.91 Å². The molecule has 2 fully saturated rings. The third-order valence-electron chi connectivity index (χ3n) is 5.65. The lowest BCUT2D eigenvalue weighted by Gasteiger charge is -2.26. The number of rotatable bonds is 5. The Morgan fingerprint density at radius 3 is 2.43 bits per heavy atom. The second-order valence-corrected chi connectivity index (χ2v) is 7.76. The van der Waals surface area contributed by atoms with Gasteiger partial charge in [0, 0.05) is 36.8 Å². The first-order chi connectivity index (χ1) is 14.4. The van der Waals surface area contributed by atoms with E-state index in [9.17, 15) is 18.0 Å². The van der Waals surface area contributed by atoms with Gasteiger partial charge in [-0.3, -0.25) is 9.69 Å². The number of morpholine rings is 1. The number of halogens is 3. The summed E-state index contributed by atoms with van der Waals surface area (Å²) < 4.78 is 49.6. The van der Waals surface area contributed by atoms with Crippen LogP contribution in [-0.2, 0) is 17.5 Å². The molecule has 1 aliphatic heterocycles. The number of carbonyl (C=O) groups excluding carboxylic acids is 1. The van der Waals surface area contributed by atoms with E-state index in [1.165, 1.54) is 12.1 Å². The van der Waals surface area contributed by atoms with Gasteiger partial charge in [-0.25, -0.2) is 0 Å². The molecule has 6 nitrogen and oxygen atoms in total. The number of alkyl halides is 3. The van der Waals surface area contributed by atoms with Crippen molar-refractivity contribution in [2.75, 3.05) is 26.3 Å². The number of nitrogens with one attached hydrogen (secondary N) is 1. The van der Waals surface area contributed by atoms with Crippen LogP contribution in [0.25, 0.3) is 11.3 Å². The monoisotopic (exact) mass is 423 g/mol. The molecule has 4 rings (SSSR count). The zero-order valence-electron chi connectivity index (χ0n) is 16.5. The summed E-state index contributed by atoms with van der Waals surface area (Å²) in [6.07, 6.45) is -0.367. The maximum Gasteiger partial charge on any atom is 0.416 e. The summed E-state index contributed by atoms with van der Waals surface area (Å²) in [5.74, 6) is 0.0267. The summed E-state index contributed by atoms with van der Waals surface area (Å²) in [5, 5.41) is 7.02. The third kappa shape index (κ3) is 4.67. The zero-order chi connectivity index (χ0) is 21.1. The van der Waals surface area contributed by atoms with Crippen LogP contribution in [0.5, 0.6) is 0 Å². The Labute approximate surface area is 172 Å². The molecular weight excluding hydrogens is 399 g/mol. The van der Waals surface area contributed by atoms with Crippen molar-refractivity contribution in [3.8, 4) is 11.3 Å². The van der Waals surface area contributed by atoms with Gasteiger partial charge in [0.1, 0.15) is 0 Å². The van der Waals surface area contributed by atoms with Crippen LogP contribution in [0.2, 0.25) is 0 Å². The Hall–Kier alpha value is -2.39. The van der Waals surface area contributed by atoms with Crippen LogP contribution >= 0.6 is 0 Å². The molecule has 0 spiro atoms. The highest BCUT2D eigenvalue weighted by Gasteiger charge is 2.31. The molecule has 1 aromatic heterocycles. The number of amides is 1. The number of aromatic nitrogens is 1. The van der Waals surface area contributed by atoms with Gasteiger partial charge in [0.15, 0.2) is 11.5 Å². The number of hydrogen-bond acceptors (Lipinski definition) is 5. The van der Waals surface area contributed by atoms with Crippen molar-refractivity contribution in [1.29, 1.82) is 0 Å². The number of hydrogen-bond donors (Lipinski definition) is 1. The van der Waals surface area contributed by atoms with Gasteiger partial charge >= 0.3 is 6.18 Å². The minimum Gasteiger partial charge on any atom is -0.379 e. The van der Waals surface area contributed by atoms with Gasteiger partial charge < -0.3 is 14.6 Å². The first-order valence-corrected chi connectivity index (χ1v) is 10.2. The molecule has 162 valence electrons. The fourth-order valence-corrected chi connectivity index (χ4v) is 3.98. The largest absolute Gasteiger partial charge is 0.416 e. The number of ether oxygens (including phenoxy) is 1. The van der Waals surface area contributed by atoms with Crippen molar-refractivity contribution in [3.63, 3.8) is 0 Å². The molecule has 2 aromatic rings. The summed E-state index contributed by atoms with van der Waals surface area (Å²) in [6.45, 7) is 2.98. The smallest absolute Gasteiger partial charge is 0.379 e. The van der Waals surface area contributed by atoms with Crippen molar-refractivity contribution in [2.45, 2.75) is 44.4 Å². The van der Waals surface area contributed by atoms with E-state index in [1.807, 2.05) is 0 Å². The molecule has 30 heavy (non-hydrogen) atoms. The maximum atomic E-state index is 12.9. The van der Waals surface area contributed by atoms with Gasteiger partial charge in [-0.1, -0.05) is 30.1 Å². The van der Waals surface area contributed by atoms with Gasteiger partial charge in [-0.2, -0.15) is 13.2 Å². The first-order valence-electron chi connectivity index (χ1n) is 10.2. The Bertz CT molecular complexity index is 868. The molecule has 0 bridgehead atoms. The molecule has 1 aromatic carbocycles. The van der Waals surface area contributed by atoms with Gasteiger partial charge in [0.2, 0.25) is 0 Å². The van der Waals surface area contributed by atoms with E-state index in [0.29, 0.717) is 49.7 Å². The van der Waals surface area contributed by atoms with Crippen LogP contribution in [0.15, 0.2) is 28.8 Å². The second-order valence-electron chi connectivity index (χ2n) is 7.76. The molecule has 1 N–H and O–H groups in total. The van der Waals surface area contributed by atoms with Crippen LogP contribution < -0.4 is 5.32 Å². The molecule has 2 heterocycles. The Balaban J connectivity index is 1.63. The van der Waals surface area contributed by atoms with Crippen LogP contribution in [0.1, 0.15) is 47.3 Å². The van der Waals surface area contributed by atoms with E-state index in [2.05, 4.69) is 15.4 Å². The fourth-order valence-electron chi connectivity index (χ4n) is 3.98. The summed E-state index contributed by atoms with van der Waals surface area (Å²) in [5.41, 5.74) is 0.508. The highest BCUT2D eigenvalue weighted by molar-refractivity contribution is 5.95. The standard InChI is InChI=1S/C21H24F3N3O3/c22-21(23,24)15-7-5-14(6-8-15)19-17(13-27-9-11-29-12-10-27)18(26-30-19)20(28)25-16-3-1-2-4-16/h5-8,16H,1-4,9-13H2,(H,25,28). The van der Waals surface area contributed by atoms with E-state index in [-0.39, 0.29) is 17.6 Å². The van der Waals surface area contributed by atoms with Crippen LogP contribution in [-0.4, -0.2) is 48.3 Å². The lowest BCUT2D eigenvalue weighted by molar-refractivity contribution is -0.137. The molecule has 0 unspecified atom stereocenters. The van der Waals surface area contributed by atoms with Crippen molar-refractivity contribution in [3.05, 3.63) is 41.1 Å². The minimum absolute atomic E-state index is 0.125. The predicted octanol–water partition coefficient (Wildman–Crippen LogP) is 3.87. The van der Waals surface area contributed by atoms with Gasteiger partial charge in [0.05, 0.1) is 18.8 Å². The molecule has 1 amide bonds. The van der Waals surface area contributed by atoms with Crippen molar-refractivity contribution in [2.24, 2.45) is 0 Å². The molecule has 0 radical (unpaired) electrons. The molecule has 9 heteroatoms. The van der Waals surface area contributed by atoms with E-state index in [0.717, 1.165) is 37.8 Å². The van der Waals surface area contributed by atoms with Crippen molar-refractivity contribution < 1.29 is 27.2 Å². The lowest BCUT2D eigenvalue weighted by Crippen LogP contribution is -2.37. The van der Waals surface area contributed by atoms with Gasteiger partial charge in [-0.05, 0) is 25.0 Å². The normalized spacial score (nSPS) is 18.6. The van der Waals surface area contributed by atoms with Crippen LogP contribution in [0, 0.1) is 0 Å². The first kappa shape index (κ1) is 20.9. The van der Waals surface area contributed by atoms with E-state index >= 15 is 0 Å². The van der Waals surface area contributed by atoms with Crippen LogP contribution in [0.3, 0.4) is 0 Å². The maximum absolute atomic E-state index is 12.9. The lowest BCUT2D eigenvalue weighted by atomic mass is 10.0. The average molecular weight is 423 g/mol. The number of nitrogens with zero attached hydrogens (tertiary/aromatic N) is 2. The molecule has 0 atom stereocenters. The van der Waals surface area contributed by atoms with Crippen molar-refractivity contribution in [1.82, 2.24) is 15.4 Å². The van der Waals surface area contributed by atoms with E-state index in [1.54, 1.807) is 0 Å². The SMILES string of the molecule is O=C(NC1CCCC1)c1noc(-c2ccc(C(F)(F)F)cc2)c1CN1CCOCC1. The molecule has 2 aliphatic rings. The molecule has 1 aliphatic carbocycles. The summed E-state index contributed by atoms with van der Waals surface area (Å²) >= 11 is 0. The fraction of sp³-hybridized carbons (Fsp3) is 0.524. The Morgan fingerprint density at radius 2 is 1.80 bits per heavy atom. The van der Waals surface area contributed by atoms with Crippen LogP contribution in [0.4, 0.5) is 13.2 Å². The summed E-state index contributed by atoms with van der Waals surface area (Å²) in [6, 6.07) is 4.85. The van der Waals surface area contributed by atoms with E-state index < -0.39 is 11.7 Å². The number of carbonyl (C=O) groups is 1. The minimum atomic E-state index is -4.41. The molecule has 1 saturated carbocycles. The topological polar surface area (TPSA) is 67.6 Å². The van der Waals surface area contributed by atoms with Gasteiger partial charge in [0.25, 0.3) is 5.91 Å². The van der Waals surface area contributed by atoms with Gasteiger partial charge in [-0.15, -0.1) is 0 Å². The molecule has 1 saturated heterocycles. The quantitative estimate of drug-likeness (QED) is 0.791.